The van der Waals surface area contributed by atoms with Gasteiger partial charge in [0.05, 0.1) is 27.5 Å². The van der Waals surface area contributed by atoms with Gasteiger partial charge in [-0.05, 0) is 17.7 Å². The average molecular weight is 398 g/mol. The third-order valence-corrected chi connectivity index (χ3v) is 5.06. The number of benzene rings is 1. The van der Waals surface area contributed by atoms with E-state index < -0.39 is 11.7 Å². The van der Waals surface area contributed by atoms with Crippen molar-refractivity contribution in [3.05, 3.63) is 46.0 Å². The van der Waals surface area contributed by atoms with E-state index in [-0.39, 0.29) is 13.0 Å². The lowest BCUT2D eigenvalue weighted by Gasteiger charge is -2.25. The first kappa shape index (κ1) is 19.4. The predicted molar refractivity (Wildman–Crippen MR) is 102 cm³/mol. The fourth-order valence-electron chi connectivity index (χ4n) is 3.08. The van der Waals surface area contributed by atoms with Gasteiger partial charge in [-0.25, -0.2) is 10.4 Å². The molecule has 1 aromatic heterocycles. The first-order valence-corrected chi connectivity index (χ1v) is 9.36. The number of amides is 1. The summed E-state index contributed by atoms with van der Waals surface area (Å²) >= 11 is 1.27. The van der Waals surface area contributed by atoms with Crippen molar-refractivity contribution in [3.8, 4) is 0 Å². The summed E-state index contributed by atoms with van der Waals surface area (Å²) in [5, 5.41) is 4.58. The van der Waals surface area contributed by atoms with Crippen LogP contribution in [0.25, 0.3) is 5.70 Å². The Morgan fingerprint density at radius 2 is 2.04 bits per heavy atom. The standard InChI is InChI=1S/C16H13F3N4OS.C2H6.H2/c1-8(24)21-15-22-11-6-9-7-20-23(13(9)14(11)25-15)12-5-3-2-4-10(12)16(17,18)19;1-2;/h2-5,20H,6-7H2,1H3,(H,21,22,24);1-2H3;1H. The van der Waals surface area contributed by atoms with E-state index in [9.17, 15) is 18.0 Å². The molecule has 1 aliphatic carbocycles. The van der Waals surface area contributed by atoms with Crippen LogP contribution in [0.5, 0.6) is 0 Å². The Hall–Kier alpha value is -2.39. The molecule has 27 heavy (non-hydrogen) atoms. The number of aromatic nitrogens is 1. The van der Waals surface area contributed by atoms with Crippen LogP contribution in [0, 0.1) is 0 Å². The number of nitrogens with zero attached hydrogens (tertiary/aromatic N) is 2. The monoisotopic (exact) mass is 398 g/mol. The smallest absolute Gasteiger partial charge is 0.302 e. The summed E-state index contributed by atoms with van der Waals surface area (Å²) < 4.78 is 40.1. The SMILES string of the molecule is CC.CC(=O)Nc1nc2c(s1)C1=C(CNN1c1ccccc1C(F)(F)F)C2.[HH]. The fraction of sp³-hybridized carbons (Fsp3) is 0.333. The van der Waals surface area contributed by atoms with E-state index in [1.165, 1.54) is 35.4 Å². The summed E-state index contributed by atoms with van der Waals surface area (Å²) in [6, 6.07) is 5.47. The van der Waals surface area contributed by atoms with Gasteiger partial charge in [0.15, 0.2) is 5.13 Å². The number of hydrogen-bond acceptors (Lipinski definition) is 5. The first-order chi connectivity index (χ1) is 12.8. The molecular weight excluding hydrogens is 377 g/mol. The van der Waals surface area contributed by atoms with Gasteiger partial charge in [-0.2, -0.15) is 13.2 Å². The molecule has 0 bridgehead atoms. The van der Waals surface area contributed by atoms with Gasteiger partial charge in [0, 0.05) is 21.3 Å². The van der Waals surface area contributed by atoms with E-state index in [4.69, 9.17) is 0 Å². The number of alkyl halides is 3. The zero-order chi connectivity index (χ0) is 19.8. The Labute approximate surface area is 160 Å². The summed E-state index contributed by atoms with van der Waals surface area (Å²) in [7, 11) is 0. The van der Waals surface area contributed by atoms with Gasteiger partial charge in [0.1, 0.15) is 0 Å². The van der Waals surface area contributed by atoms with Gasteiger partial charge < -0.3 is 5.32 Å². The number of fused-ring (bicyclic) bond motifs is 2. The van der Waals surface area contributed by atoms with E-state index in [2.05, 4.69) is 15.7 Å². The summed E-state index contributed by atoms with van der Waals surface area (Å²) in [5.74, 6) is -0.231. The maximum absolute atomic E-state index is 13.4. The molecule has 0 unspecified atom stereocenters. The molecule has 9 heteroatoms. The van der Waals surface area contributed by atoms with Gasteiger partial charge in [-0.3, -0.25) is 9.80 Å². The van der Waals surface area contributed by atoms with Crippen LogP contribution in [-0.4, -0.2) is 17.4 Å². The van der Waals surface area contributed by atoms with E-state index in [0.717, 1.165) is 22.2 Å². The van der Waals surface area contributed by atoms with Crippen LogP contribution >= 0.6 is 11.3 Å². The molecule has 1 aliphatic heterocycles. The van der Waals surface area contributed by atoms with Crippen molar-refractivity contribution >= 4 is 33.8 Å². The largest absolute Gasteiger partial charge is 0.418 e. The van der Waals surface area contributed by atoms with Crippen molar-refractivity contribution < 1.29 is 19.4 Å². The first-order valence-electron chi connectivity index (χ1n) is 8.54. The number of hydrogen-bond donors (Lipinski definition) is 2. The van der Waals surface area contributed by atoms with Gasteiger partial charge >= 0.3 is 6.18 Å². The van der Waals surface area contributed by atoms with Crippen LogP contribution in [0.15, 0.2) is 29.8 Å². The molecule has 5 nitrogen and oxygen atoms in total. The Bertz CT molecular complexity index is 910. The molecule has 2 N–H and O–H groups in total. The van der Waals surface area contributed by atoms with Crippen LogP contribution in [0.3, 0.4) is 0 Å². The number of rotatable bonds is 2. The zero-order valence-electron chi connectivity index (χ0n) is 15.1. The summed E-state index contributed by atoms with van der Waals surface area (Å²) in [4.78, 5) is 16.4. The number of nitrogens with one attached hydrogen (secondary N) is 2. The van der Waals surface area contributed by atoms with Crippen molar-refractivity contribution in [2.24, 2.45) is 0 Å². The minimum atomic E-state index is -4.45. The van der Waals surface area contributed by atoms with E-state index in [0.29, 0.717) is 23.8 Å². The maximum atomic E-state index is 13.4. The molecule has 0 atom stereocenters. The second kappa shape index (κ2) is 7.32. The average Bonchev–Trinajstić information content (AvgIpc) is 3.26. The summed E-state index contributed by atoms with van der Waals surface area (Å²) in [6.07, 6.45) is -3.88. The molecule has 0 saturated carbocycles. The topological polar surface area (TPSA) is 57.3 Å². The molecule has 0 spiro atoms. The van der Waals surface area contributed by atoms with E-state index in [1.807, 2.05) is 13.8 Å². The normalized spacial score (nSPS) is 15.3. The van der Waals surface area contributed by atoms with Crippen LogP contribution in [0.2, 0.25) is 0 Å². The molecule has 1 aromatic carbocycles. The van der Waals surface area contributed by atoms with Crippen molar-refractivity contribution in [2.75, 3.05) is 16.9 Å². The van der Waals surface area contributed by atoms with Crippen LogP contribution in [0.1, 0.15) is 38.3 Å². The van der Waals surface area contributed by atoms with Crippen LogP contribution in [-0.2, 0) is 17.4 Å². The minimum absolute atomic E-state index is 0. The molecule has 0 saturated heterocycles. The van der Waals surface area contributed by atoms with Crippen molar-refractivity contribution in [1.82, 2.24) is 10.4 Å². The highest BCUT2D eigenvalue weighted by atomic mass is 32.1. The highest BCUT2D eigenvalue weighted by Gasteiger charge is 2.40. The zero-order valence-corrected chi connectivity index (χ0v) is 15.9. The summed E-state index contributed by atoms with van der Waals surface area (Å²) in [6.45, 7) is 5.86. The lowest BCUT2D eigenvalue weighted by atomic mass is 10.1. The number of hydrazine groups is 1. The number of thiazole rings is 1. The van der Waals surface area contributed by atoms with Gasteiger partial charge in [0.2, 0.25) is 5.91 Å². The molecule has 4 rings (SSSR count). The van der Waals surface area contributed by atoms with Crippen molar-refractivity contribution in [2.45, 2.75) is 33.4 Å². The van der Waals surface area contributed by atoms with Gasteiger partial charge in [-0.1, -0.05) is 37.3 Å². The molecule has 1 amide bonds. The minimum Gasteiger partial charge on any atom is -0.302 e. The highest BCUT2D eigenvalue weighted by molar-refractivity contribution is 7.17. The molecule has 2 aliphatic rings. The Morgan fingerprint density at radius 1 is 1.33 bits per heavy atom. The molecular formula is C18H21F3N4OS. The van der Waals surface area contributed by atoms with E-state index >= 15 is 0 Å². The number of para-hydroxylation sites is 1. The number of halogens is 3. The molecule has 2 heterocycles. The molecule has 2 aromatic rings. The quantitative estimate of drug-likeness (QED) is 0.771. The van der Waals surface area contributed by atoms with Crippen molar-refractivity contribution in [3.63, 3.8) is 0 Å². The number of carbonyl (C=O) groups excluding carboxylic acids is 1. The number of carbonyl (C=O) groups is 1. The maximum Gasteiger partial charge on any atom is 0.418 e. The number of anilines is 2. The third kappa shape index (κ3) is 3.57. The van der Waals surface area contributed by atoms with E-state index in [1.54, 1.807) is 6.07 Å². The van der Waals surface area contributed by atoms with Gasteiger partial charge in [0.25, 0.3) is 0 Å². The van der Waals surface area contributed by atoms with Crippen LogP contribution < -0.4 is 15.8 Å². The fourth-order valence-corrected chi connectivity index (χ4v) is 4.19. The second-order valence-corrected chi connectivity index (χ2v) is 6.79. The highest BCUT2D eigenvalue weighted by Crippen LogP contribution is 2.46. The Kier molecular flexibility index (Phi) is 5.25. The lowest BCUT2D eigenvalue weighted by Crippen LogP contribution is -2.33. The molecule has 0 radical (unpaired) electrons. The van der Waals surface area contributed by atoms with Crippen LogP contribution in [0.4, 0.5) is 24.0 Å². The second-order valence-electron chi connectivity index (χ2n) is 5.79. The Balaban J connectivity index is 0.000000906. The molecule has 146 valence electrons. The predicted octanol–water partition coefficient (Wildman–Crippen LogP) is 4.68. The Morgan fingerprint density at radius 3 is 2.70 bits per heavy atom. The lowest BCUT2D eigenvalue weighted by molar-refractivity contribution is -0.137. The molecule has 0 fully saturated rings. The summed E-state index contributed by atoms with van der Waals surface area (Å²) in [5.41, 5.74) is 4.88. The van der Waals surface area contributed by atoms with Gasteiger partial charge in [-0.15, -0.1) is 0 Å². The third-order valence-electron chi connectivity index (χ3n) is 4.04. The van der Waals surface area contributed by atoms with Crippen molar-refractivity contribution in [1.29, 1.82) is 0 Å².